The SMILES string of the molecule is Cn1cccc1[C@@H](CNS(=O)(=O)c1ccc2c(c1)OCCO2)N1CCOCC1. The van der Waals surface area contributed by atoms with Crippen LogP contribution in [-0.4, -0.2) is 63.9 Å². The summed E-state index contributed by atoms with van der Waals surface area (Å²) in [7, 11) is -1.71. The van der Waals surface area contributed by atoms with E-state index in [2.05, 4.69) is 9.62 Å². The van der Waals surface area contributed by atoms with Gasteiger partial charge in [0, 0.05) is 44.6 Å². The number of aromatic nitrogens is 1. The van der Waals surface area contributed by atoms with Gasteiger partial charge in [0.2, 0.25) is 10.0 Å². The highest BCUT2D eigenvalue weighted by Crippen LogP contribution is 2.32. The number of morpholine rings is 1. The third-order valence-electron chi connectivity index (χ3n) is 5.10. The predicted octanol–water partition coefficient (Wildman–Crippen LogP) is 1.15. The maximum atomic E-state index is 12.9. The summed E-state index contributed by atoms with van der Waals surface area (Å²) in [6.45, 7) is 3.98. The van der Waals surface area contributed by atoms with Gasteiger partial charge >= 0.3 is 0 Å². The van der Waals surface area contributed by atoms with Crippen LogP contribution in [0.2, 0.25) is 0 Å². The number of fused-ring (bicyclic) bond motifs is 1. The zero-order valence-corrected chi connectivity index (χ0v) is 16.7. The minimum Gasteiger partial charge on any atom is -0.486 e. The fraction of sp³-hybridized carbons (Fsp3) is 0.474. The maximum absolute atomic E-state index is 12.9. The number of hydrogen-bond acceptors (Lipinski definition) is 6. The van der Waals surface area contributed by atoms with Crippen molar-refractivity contribution < 1.29 is 22.6 Å². The van der Waals surface area contributed by atoms with Gasteiger partial charge in [0.25, 0.3) is 0 Å². The molecular formula is C19H25N3O5S. The van der Waals surface area contributed by atoms with Crippen molar-refractivity contribution in [3.63, 3.8) is 0 Å². The first-order valence-electron chi connectivity index (χ1n) is 9.37. The minimum absolute atomic E-state index is 0.0733. The molecule has 4 rings (SSSR count). The van der Waals surface area contributed by atoms with Gasteiger partial charge < -0.3 is 18.8 Å². The zero-order chi connectivity index (χ0) is 19.6. The van der Waals surface area contributed by atoms with E-state index in [0.29, 0.717) is 37.9 Å². The lowest BCUT2D eigenvalue weighted by Gasteiger charge is -2.34. The first-order valence-corrected chi connectivity index (χ1v) is 10.9. The molecule has 2 aliphatic heterocycles. The Morgan fingerprint density at radius 2 is 1.82 bits per heavy atom. The summed E-state index contributed by atoms with van der Waals surface area (Å²) in [5, 5.41) is 0. The Morgan fingerprint density at radius 1 is 1.07 bits per heavy atom. The highest BCUT2D eigenvalue weighted by molar-refractivity contribution is 7.89. The number of ether oxygens (including phenoxy) is 3. The van der Waals surface area contributed by atoms with E-state index < -0.39 is 10.0 Å². The Bertz CT molecular complexity index is 921. The van der Waals surface area contributed by atoms with Crippen LogP contribution in [0.1, 0.15) is 11.7 Å². The summed E-state index contributed by atoms with van der Waals surface area (Å²) >= 11 is 0. The van der Waals surface area contributed by atoms with Crippen LogP contribution in [0.4, 0.5) is 0 Å². The second-order valence-electron chi connectivity index (χ2n) is 6.87. The first-order chi connectivity index (χ1) is 13.5. The van der Waals surface area contributed by atoms with E-state index in [1.807, 2.05) is 29.9 Å². The molecule has 3 heterocycles. The zero-order valence-electron chi connectivity index (χ0n) is 15.8. The van der Waals surface area contributed by atoms with Crippen LogP contribution < -0.4 is 14.2 Å². The fourth-order valence-electron chi connectivity index (χ4n) is 3.59. The molecule has 1 fully saturated rings. The van der Waals surface area contributed by atoms with Gasteiger partial charge in [-0.3, -0.25) is 4.90 Å². The lowest BCUT2D eigenvalue weighted by molar-refractivity contribution is 0.0158. The molecule has 0 amide bonds. The molecule has 0 radical (unpaired) electrons. The van der Waals surface area contributed by atoms with Gasteiger partial charge in [0.1, 0.15) is 13.2 Å². The summed E-state index contributed by atoms with van der Waals surface area (Å²) in [6.07, 6.45) is 1.97. The molecule has 1 aromatic heterocycles. The molecule has 2 aliphatic rings. The third-order valence-corrected chi connectivity index (χ3v) is 6.52. The van der Waals surface area contributed by atoms with Gasteiger partial charge in [0.05, 0.1) is 24.2 Å². The van der Waals surface area contributed by atoms with Crippen molar-refractivity contribution in [1.29, 1.82) is 0 Å². The molecule has 9 heteroatoms. The average Bonchev–Trinajstić information content (AvgIpc) is 3.14. The summed E-state index contributed by atoms with van der Waals surface area (Å²) in [6, 6.07) is 8.62. The van der Waals surface area contributed by atoms with Gasteiger partial charge in [-0.15, -0.1) is 0 Å². The van der Waals surface area contributed by atoms with Crippen molar-refractivity contribution in [2.75, 3.05) is 46.1 Å². The number of rotatable bonds is 6. The molecule has 0 aliphatic carbocycles. The fourth-order valence-corrected chi connectivity index (χ4v) is 4.65. The molecule has 152 valence electrons. The first kappa shape index (κ1) is 19.3. The Morgan fingerprint density at radius 3 is 2.54 bits per heavy atom. The molecule has 1 atom stereocenters. The predicted molar refractivity (Wildman–Crippen MR) is 103 cm³/mol. The van der Waals surface area contributed by atoms with Crippen molar-refractivity contribution in [1.82, 2.24) is 14.2 Å². The number of sulfonamides is 1. The lowest BCUT2D eigenvalue weighted by atomic mass is 10.1. The standard InChI is InChI=1S/C19H25N3O5S/c1-21-6-2-3-16(21)17(22-7-9-25-10-8-22)14-20-28(23,24)15-4-5-18-19(13-15)27-12-11-26-18/h2-6,13,17,20H,7-12,14H2,1H3/t17-/m1/s1. The van der Waals surface area contributed by atoms with Crippen molar-refractivity contribution in [2.45, 2.75) is 10.9 Å². The molecule has 28 heavy (non-hydrogen) atoms. The minimum atomic E-state index is -3.68. The number of benzene rings is 1. The molecule has 2 aromatic rings. The Hall–Kier alpha value is -2.07. The van der Waals surface area contributed by atoms with Gasteiger partial charge in [-0.25, -0.2) is 13.1 Å². The third kappa shape index (κ3) is 4.02. The van der Waals surface area contributed by atoms with E-state index >= 15 is 0 Å². The average molecular weight is 407 g/mol. The van der Waals surface area contributed by atoms with Gasteiger partial charge in [-0.2, -0.15) is 0 Å². The molecule has 8 nitrogen and oxygen atoms in total. The van der Waals surface area contributed by atoms with Crippen molar-refractivity contribution in [2.24, 2.45) is 7.05 Å². The number of hydrogen-bond donors (Lipinski definition) is 1. The van der Waals surface area contributed by atoms with E-state index in [1.165, 1.54) is 6.07 Å². The Kier molecular flexibility index (Phi) is 5.58. The monoisotopic (exact) mass is 407 g/mol. The molecule has 0 saturated carbocycles. The van der Waals surface area contributed by atoms with Crippen molar-refractivity contribution in [3.8, 4) is 11.5 Å². The van der Waals surface area contributed by atoms with E-state index in [4.69, 9.17) is 14.2 Å². The van der Waals surface area contributed by atoms with Crippen LogP contribution in [-0.2, 0) is 21.8 Å². The van der Waals surface area contributed by atoms with Gasteiger partial charge in [-0.05, 0) is 24.3 Å². The van der Waals surface area contributed by atoms with E-state index in [9.17, 15) is 8.42 Å². The second-order valence-corrected chi connectivity index (χ2v) is 8.63. The Labute approximate surface area is 165 Å². The van der Waals surface area contributed by atoms with Crippen molar-refractivity contribution >= 4 is 10.0 Å². The highest BCUT2D eigenvalue weighted by atomic mass is 32.2. The van der Waals surface area contributed by atoms with E-state index in [-0.39, 0.29) is 17.5 Å². The largest absolute Gasteiger partial charge is 0.486 e. The Balaban J connectivity index is 1.53. The molecule has 1 N–H and O–H groups in total. The van der Waals surface area contributed by atoms with Gasteiger partial charge in [0.15, 0.2) is 11.5 Å². The van der Waals surface area contributed by atoms with Gasteiger partial charge in [-0.1, -0.05) is 0 Å². The second kappa shape index (κ2) is 8.12. The lowest BCUT2D eigenvalue weighted by Crippen LogP contribution is -2.44. The maximum Gasteiger partial charge on any atom is 0.240 e. The van der Waals surface area contributed by atoms with E-state index in [0.717, 1.165) is 18.8 Å². The smallest absolute Gasteiger partial charge is 0.240 e. The van der Waals surface area contributed by atoms with Crippen LogP contribution in [0.3, 0.4) is 0 Å². The molecule has 0 bridgehead atoms. The molecule has 0 unspecified atom stereocenters. The van der Waals surface area contributed by atoms with E-state index in [1.54, 1.807) is 12.1 Å². The topological polar surface area (TPSA) is 82.0 Å². The normalized spacial score (nSPS) is 18.8. The summed E-state index contributed by atoms with van der Waals surface area (Å²) in [5.41, 5.74) is 1.06. The number of nitrogens with zero attached hydrogens (tertiary/aromatic N) is 2. The quantitative estimate of drug-likeness (QED) is 0.774. The van der Waals surface area contributed by atoms with Crippen LogP contribution in [0.15, 0.2) is 41.4 Å². The number of nitrogens with one attached hydrogen (secondary N) is 1. The molecule has 1 saturated heterocycles. The molecule has 0 spiro atoms. The van der Waals surface area contributed by atoms with Crippen LogP contribution >= 0.6 is 0 Å². The van der Waals surface area contributed by atoms with Crippen LogP contribution in [0.5, 0.6) is 11.5 Å². The highest BCUT2D eigenvalue weighted by Gasteiger charge is 2.27. The molecular weight excluding hydrogens is 382 g/mol. The molecule has 1 aromatic carbocycles. The summed E-state index contributed by atoms with van der Waals surface area (Å²) in [4.78, 5) is 2.43. The summed E-state index contributed by atoms with van der Waals surface area (Å²) < 4.78 is 47.0. The van der Waals surface area contributed by atoms with Crippen LogP contribution in [0, 0.1) is 0 Å². The van der Waals surface area contributed by atoms with Crippen molar-refractivity contribution in [3.05, 3.63) is 42.2 Å². The number of aryl methyl sites for hydroxylation is 1. The van der Waals surface area contributed by atoms with Crippen LogP contribution in [0.25, 0.3) is 0 Å². The summed E-state index contributed by atoms with van der Waals surface area (Å²) in [5.74, 6) is 1.03.